The molecule has 1 N–H and O–H groups in total. The monoisotopic (exact) mass is 374 g/mol. The second-order valence-electron chi connectivity index (χ2n) is 6.49. The first-order valence-corrected chi connectivity index (χ1v) is 9.28. The molecule has 1 saturated carbocycles. The van der Waals surface area contributed by atoms with E-state index in [1.807, 2.05) is 30.3 Å². The Morgan fingerprint density at radius 2 is 1.88 bits per heavy atom. The largest absolute Gasteiger partial charge is 0.481 e. The maximum absolute atomic E-state index is 12.3. The lowest BCUT2D eigenvalue weighted by molar-refractivity contribution is -0.128. The van der Waals surface area contributed by atoms with E-state index in [1.165, 1.54) is 0 Å². The maximum Gasteiger partial charge on any atom is 0.260 e. The second-order valence-corrected chi connectivity index (χ2v) is 6.92. The highest BCUT2D eigenvalue weighted by molar-refractivity contribution is 6.30. The van der Waals surface area contributed by atoms with Crippen molar-refractivity contribution in [2.45, 2.75) is 50.9 Å². The highest BCUT2D eigenvalue weighted by Gasteiger charge is 2.25. The number of para-hydroxylation sites is 1. The molecular weight excluding hydrogens is 352 g/mol. The van der Waals surface area contributed by atoms with Gasteiger partial charge in [-0.1, -0.05) is 29.8 Å². The van der Waals surface area contributed by atoms with E-state index in [4.69, 9.17) is 21.1 Å². The van der Waals surface area contributed by atoms with E-state index in [0.29, 0.717) is 16.7 Å². The molecule has 1 heterocycles. The summed E-state index contributed by atoms with van der Waals surface area (Å²) in [4.78, 5) is 16.5. The Hall–Kier alpha value is -2.27. The van der Waals surface area contributed by atoms with Gasteiger partial charge in [0.1, 0.15) is 11.9 Å². The van der Waals surface area contributed by atoms with Crippen molar-refractivity contribution in [2.24, 2.45) is 0 Å². The Morgan fingerprint density at radius 3 is 2.54 bits per heavy atom. The average molecular weight is 375 g/mol. The van der Waals surface area contributed by atoms with Gasteiger partial charge in [0, 0.05) is 18.3 Å². The number of pyridine rings is 1. The molecule has 0 aliphatic heterocycles. The van der Waals surface area contributed by atoms with Crippen LogP contribution >= 0.6 is 11.6 Å². The van der Waals surface area contributed by atoms with Crippen LogP contribution in [0.25, 0.3) is 0 Å². The zero-order valence-corrected chi connectivity index (χ0v) is 15.5. The summed E-state index contributed by atoms with van der Waals surface area (Å²) in [6, 6.07) is 13.1. The lowest BCUT2D eigenvalue weighted by Crippen LogP contribution is -2.45. The van der Waals surface area contributed by atoms with E-state index in [0.717, 1.165) is 25.7 Å². The topological polar surface area (TPSA) is 60.5 Å². The van der Waals surface area contributed by atoms with Crippen molar-refractivity contribution in [1.29, 1.82) is 0 Å². The predicted octanol–water partition coefficient (Wildman–Crippen LogP) is 4.01. The molecule has 26 heavy (non-hydrogen) atoms. The molecule has 1 aromatic carbocycles. The van der Waals surface area contributed by atoms with Crippen LogP contribution in [0.3, 0.4) is 0 Å². The van der Waals surface area contributed by atoms with Crippen molar-refractivity contribution >= 4 is 17.5 Å². The van der Waals surface area contributed by atoms with Gasteiger partial charge in [-0.25, -0.2) is 4.98 Å². The van der Waals surface area contributed by atoms with Crippen LogP contribution in [-0.4, -0.2) is 29.1 Å². The first-order valence-electron chi connectivity index (χ1n) is 8.90. The molecule has 1 aromatic heterocycles. The summed E-state index contributed by atoms with van der Waals surface area (Å²) in [5.74, 6) is 1.20. The summed E-state index contributed by atoms with van der Waals surface area (Å²) in [6.07, 6.45) is 4.69. The Labute approximate surface area is 158 Å². The van der Waals surface area contributed by atoms with Crippen molar-refractivity contribution in [2.75, 3.05) is 0 Å². The zero-order chi connectivity index (χ0) is 18.4. The van der Waals surface area contributed by atoms with Crippen molar-refractivity contribution in [3.63, 3.8) is 0 Å². The zero-order valence-electron chi connectivity index (χ0n) is 14.7. The standard InChI is InChI=1S/C20H23ClN2O3/c1-14(25-17-5-3-2-4-6-17)20(24)23-16-8-10-18(11-9-16)26-19-12-7-15(21)13-22-19/h2-7,12-14,16,18H,8-11H2,1H3,(H,23,24). The van der Waals surface area contributed by atoms with E-state index in [-0.39, 0.29) is 18.1 Å². The van der Waals surface area contributed by atoms with Gasteiger partial charge in [-0.15, -0.1) is 0 Å². The van der Waals surface area contributed by atoms with Gasteiger partial charge in [0.05, 0.1) is 5.02 Å². The molecule has 1 aliphatic carbocycles. The van der Waals surface area contributed by atoms with Crippen molar-refractivity contribution in [3.8, 4) is 11.6 Å². The molecule has 0 spiro atoms. The van der Waals surface area contributed by atoms with Gasteiger partial charge >= 0.3 is 0 Å². The van der Waals surface area contributed by atoms with Gasteiger partial charge in [-0.05, 0) is 50.8 Å². The molecule has 0 radical (unpaired) electrons. The van der Waals surface area contributed by atoms with Crippen molar-refractivity contribution in [3.05, 3.63) is 53.7 Å². The number of nitrogens with zero attached hydrogens (tertiary/aromatic N) is 1. The van der Waals surface area contributed by atoms with Gasteiger partial charge in [-0.2, -0.15) is 0 Å². The molecule has 138 valence electrons. The van der Waals surface area contributed by atoms with Crippen LogP contribution in [0.4, 0.5) is 0 Å². The third-order valence-electron chi connectivity index (χ3n) is 4.43. The Bertz CT molecular complexity index is 701. The van der Waals surface area contributed by atoms with Crippen LogP contribution in [0.1, 0.15) is 32.6 Å². The Kier molecular flexibility index (Phi) is 6.34. The highest BCUT2D eigenvalue weighted by Crippen LogP contribution is 2.23. The van der Waals surface area contributed by atoms with Crippen molar-refractivity contribution in [1.82, 2.24) is 10.3 Å². The fraction of sp³-hybridized carbons (Fsp3) is 0.400. The van der Waals surface area contributed by atoms with Gasteiger partial charge in [0.25, 0.3) is 5.91 Å². The smallest absolute Gasteiger partial charge is 0.260 e. The van der Waals surface area contributed by atoms with Gasteiger partial charge < -0.3 is 14.8 Å². The molecular formula is C20H23ClN2O3. The van der Waals surface area contributed by atoms with E-state index in [9.17, 15) is 4.79 Å². The number of carbonyl (C=O) groups excluding carboxylic acids is 1. The van der Waals surface area contributed by atoms with Crippen LogP contribution < -0.4 is 14.8 Å². The van der Waals surface area contributed by atoms with Crippen LogP contribution in [0, 0.1) is 0 Å². The fourth-order valence-electron chi connectivity index (χ4n) is 3.00. The molecule has 1 aliphatic rings. The predicted molar refractivity (Wildman–Crippen MR) is 101 cm³/mol. The number of rotatable bonds is 6. The summed E-state index contributed by atoms with van der Waals surface area (Å²) >= 11 is 5.83. The number of nitrogens with one attached hydrogen (secondary N) is 1. The number of halogens is 1. The van der Waals surface area contributed by atoms with Gasteiger partial charge in [-0.3, -0.25) is 4.79 Å². The van der Waals surface area contributed by atoms with Crippen LogP contribution in [-0.2, 0) is 4.79 Å². The van der Waals surface area contributed by atoms with Crippen LogP contribution in [0.15, 0.2) is 48.7 Å². The number of benzene rings is 1. The van der Waals surface area contributed by atoms with E-state index >= 15 is 0 Å². The van der Waals surface area contributed by atoms with Gasteiger partial charge in [0.15, 0.2) is 6.10 Å². The molecule has 5 nitrogen and oxygen atoms in total. The number of ether oxygens (including phenoxy) is 2. The summed E-state index contributed by atoms with van der Waals surface area (Å²) in [5, 5.41) is 3.67. The van der Waals surface area contributed by atoms with Gasteiger partial charge in [0.2, 0.25) is 5.88 Å². The third kappa shape index (κ3) is 5.36. The van der Waals surface area contributed by atoms with E-state index in [2.05, 4.69) is 10.3 Å². The lowest BCUT2D eigenvalue weighted by Gasteiger charge is -2.30. The van der Waals surface area contributed by atoms with E-state index in [1.54, 1.807) is 25.3 Å². The molecule has 0 saturated heterocycles. The molecule has 2 aromatic rings. The maximum atomic E-state index is 12.3. The summed E-state index contributed by atoms with van der Waals surface area (Å²) < 4.78 is 11.6. The Balaban J connectivity index is 1.41. The summed E-state index contributed by atoms with van der Waals surface area (Å²) in [5.41, 5.74) is 0. The summed E-state index contributed by atoms with van der Waals surface area (Å²) in [6.45, 7) is 1.77. The third-order valence-corrected chi connectivity index (χ3v) is 4.66. The molecule has 3 rings (SSSR count). The molecule has 1 fully saturated rings. The molecule has 6 heteroatoms. The minimum absolute atomic E-state index is 0.0856. The van der Waals surface area contributed by atoms with Crippen molar-refractivity contribution < 1.29 is 14.3 Å². The number of carbonyl (C=O) groups is 1. The first-order chi connectivity index (χ1) is 12.6. The van der Waals surface area contributed by atoms with Crippen LogP contribution in [0.2, 0.25) is 5.02 Å². The minimum Gasteiger partial charge on any atom is -0.481 e. The second kappa shape index (κ2) is 8.90. The average Bonchev–Trinajstić information content (AvgIpc) is 2.66. The number of hydrogen-bond donors (Lipinski definition) is 1. The quantitative estimate of drug-likeness (QED) is 0.829. The fourth-order valence-corrected chi connectivity index (χ4v) is 3.11. The molecule has 1 atom stereocenters. The summed E-state index contributed by atoms with van der Waals surface area (Å²) in [7, 11) is 0. The van der Waals surface area contributed by atoms with Crippen LogP contribution in [0.5, 0.6) is 11.6 Å². The minimum atomic E-state index is -0.523. The normalized spacial score (nSPS) is 20.8. The lowest BCUT2D eigenvalue weighted by atomic mass is 9.93. The molecule has 1 amide bonds. The number of aromatic nitrogens is 1. The first kappa shape index (κ1) is 18.5. The SMILES string of the molecule is CC(Oc1ccccc1)C(=O)NC1CCC(Oc2ccc(Cl)cn2)CC1. The molecule has 0 bridgehead atoms. The van der Waals surface area contributed by atoms with E-state index < -0.39 is 6.10 Å². The number of amides is 1. The highest BCUT2D eigenvalue weighted by atomic mass is 35.5. The number of hydrogen-bond acceptors (Lipinski definition) is 4. The molecule has 1 unspecified atom stereocenters. The Morgan fingerprint density at radius 1 is 1.15 bits per heavy atom.